The quantitative estimate of drug-likeness (QED) is 0.512. The Bertz CT molecular complexity index is 766. The molecular weight excluding hydrogens is 319 g/mol. The van der Waals surface area contributed by atoms with Gasteiger partial charge in [-0.25, -0.2) is 9.40 Å². The van der Waals surface area contributed by atoms with E-state index in [1.807, 2.05) is 6.92 Å². The van der Waals surface area contributed by atoms with Crippen LogP contribution in [0, 0.1) is 15.9 Å². The van der Waals surface area contributed by atoms with E-state index in [0.717, 1.165) is 5.56 Å². The number of non-ortho nitro benzene ring substituents is 1. The zero-order valence-corrected chi connectivity index (χ0v) is 12.9. The number of nitrogens with zero attached hydrogens (tertiary/aromatic N) is 2. The lowest BCUT2D eigenvalue weighted by atomic mass is 10.0. The topological polar surface area (TPSA) is 70.4 Å². The molecule has 0 bridgehead atoms. The minimum absolute atomic E-state index is 0.00752. The number of halogens is 1. The van der Waals surface area contributed by atoms with E-state index in [1.54, 1.807) is 29.3 Å². The van der Waals surface area contributed by atoms with Crippen molar-refractivity contribution in [3.8, 4) is 0 Å². The van der Waals surface area contributed by atoms with E-state index in [-0.39, 0.29) is 11.5 Å². The Balaban J connectivity index is 1.87. The Kier molecular flexibility index (Phi) is 3.70. The SMILES string of the molecule is C[C@@]1(c2ccc(F)cc2)NC(=S)N(c2ccc([N+](=O)[O-])cc2)N1. The van der Waals surface area contributed by atoms with Crippen molar-refractivity contribution in [3.05, 3.63) is 70.0 Å². The van der Waals surface area contributed by atoms with Crippen LogP contribution in [0.4, 0.5) is 15.8 Å². The standard InChI is InChI=1S/C15H13FN4O2S/c1-15(10-2-4-11(16)5-3-10)17-14(23)19(18-15)12-6-8-13(9-7-12)20(21)22/h2-9,18H,1H3,(H,17,23)/t15-/m1/s1. The van der Waals surface area contributed by atoms with Gasteiger partial charge in [0.25, 0.3) is 5.69 Å². The molecule has 23 heavy (non-hydrogen) atoms. The Labute approximate surface area is 137 Å². The van der Waals surface area contributed by atoms with E-state index in [0.29, 0.717) is 10.8 Å². The second kappa shape index (κ2) is 5.56. The second-order valence-electron chi connectivity index (χ2n) is 5.28. The van der Waals surface area contributed by atoms with Gasteiger partial charge in [0.1, 0.15) is 11.5 Å². The largest absolute Gasteiger partial charge is 0.338 e. The molecule has 0 amide bonds. The molecule has 1 heterocycles. The first-order valence-electron chi connectivity index (χ1n) is 6.80. The number of nitro groups is 1. The molecule has 0 aliphatic carbocycles. The number of benzene rings is 2. The van der Waals surface area contributed by atoms with Gasteiger partial charge in [-0.3, -0.25) is 10.1 Å². The van der Waals surface area contributed by atoms with Crippen LogP contribution in [0.1, 0.15) is 12.5 Å². The molecule has 0 unspecified atom stereocenters. The average Bonchev–Trinajstić information content (AvgIpc) is 2.84. The second-order valence-corrected chi connectivity index (χ2v) is 5.67. The van der Waals surface area contributed by atoms with Crippen molar-refractivity contribution in [2.45, 2.75) is 12.6 Å². The first-order valence-corrected chi connectivity index (χ1v) is 7.20. The van der Waals surface area contributed by atoms with Crippen LogP contribution in [-0.2, 0) is 5.66 Å². The van der Waals surface area contributed by atoms with Crippen LogP contribution >= 0.6 is 12.2 Å². The monoisotopic (exact) mass is 332 g/mol. The predicted octanol–water partition coefficient (Wildman–Crippen LogP) is 2.81. The molecule has 6 nitrogen and oxygen atoms in total. The maximum atomic E-state index is 13.1. The van der Waals surface area contributed by atoms with Crippen LogP contribution in [0.2, 0.25) is 0 Å². The lowest BCUT2D eigenvalue weighted by Gasteiger charge is -2.26. The highest BCUT2D eigenvalue weighted by molar-refractivity contribution is 7.80. The fourth-order valence-electron chi connectivity index (χ4n) is 2.40. The lowest BCUT2D eigenvalue weighted by Crippen LogP contribution is -2.45. The normalized spacial score (nSPS) is 20.4. The zero-order valence-electron chi connectivity index (χ0n) is 12.1. The Morgan fingerprint density at radius 1 is 1.17 bits per heavy atom. The van der Waals surface area contributed by atoms with Crippen LogP contribution < -0.4 is 15.8 Å². The van der Waals surface area contributed by atoms with Gasteiger partial charge >= 0.3 is 0 Å². The molecule has 118 valence electrons. The zero-order chi connectivity index (χ0) is 16.6. The van der Waals surface area contributed by atoms with Gasteiger partial charge in [0.15, 0.2) is 5.11 Å². The van der Waals surface area contributed by atoms with Gasteiger partial charge in [-0.1, -0.05) is 12.1 Å². The third kappa shape index (κ3) is 2.86. The summed E-state index contributed by atoms with van der Waals surface area (Å²) < 4.78 is 13.1. The first-order chi connectivity index (χ1) is 10.9. The predicted molar refractivity (Wildman–Crippen MR) is 88.2 cm³/mol. The minimum Gasteiger partial charge on any atom is -0.338 e. The highest BCUT2D eigenvalue weighted by Gasteiger charge is 2.38. The molecule has 1 saturated heterocycles. The fourth-order valence-corrected chi connectivity index (χ4v) is 2.75. The molecule has 0 saturated carbocycles. The van der Waals surface area contributed by atoms with Gasteiger partial charge in [-0.15, -0.1) is 0 Å². The van der Waals surface area contributed by atoms with Gasteiger partial charge in [-0.2, -0.15) is 5.43 Å². The summed E-state index contributed by atoms with van der Waals surface area (Å²) in [6.45, 7) is 1.87. The Morgan fingerprint density at radius 3 is 2.35 bits per heavy atom. The average molecular weight is 332 g/mol. The van der Waals surface area contributed by atoms with Crippen LogP contribution in [-0.4, -0.2) is 10.0 Å². The molecule has 1 aliphatic heterocycles. The van der Waals surface area contributed by atoms with E-state index in [1.165, 1.54) is 24.3 Å². The van der Waals surface area contributed by atoms with Crippen molar-refractivity contribution in [1.29, 1.82) is 0 Å². The van der Waals surface area contributed by atoms with Crippen LogP contribution in [0.5, 0.6) is 0 Å². The van der Waals surface area contributed by atoms with Crippen molar-refractivity contribution in [2.75, 3.05) is 5.01 Å². The summed E-state index contributed by atoms with van der Waals surface area (Å²) in [5.41, 5.74) is 3.99. The molecule has 0 spiro atoms. The summed E-state index contributed by atoms with van der Waals surface area (Å²) in [4.78, 5) is 10.3. The van der Waals surface area contributed by atoms with Crippen LogP contribution in [0.15, 0.2) is 48.5 Å². The molecule has 1 fully saturated rings. The van der Waals surface area contributed by atoms with E-state index in [4.69, 9.17) is 12.2 Å². The molecule has 2 N–H and O–H groups in total. The summed E-state index contributed by atoms with van der Waals surface area (Å²) in [5.74, 6) is -0.315. The molecule has 2 aromatic rings. The van der Waals surface area contributed by atoms with Gasteiger partial charge in [0.2, 0.25) is 0 Å². The number of rotatable bonds is 3. The van der Waals surface area contributed by atoms with E-state index < -0.39 is 10.6 Å². The summed E-state index contributed by atoms with van der Waals surface area (Å²) in [7, 11) is 0. The maximum absolute atomic E-state index is 13.1. The summed E-state index contributed by atoms with van der Waals surface area (Å²) in [6.07, 6.45) is 0. The fraction of sp³-hybridized carbons (Fsp3) is 0.133. The van der Waals surface area contributed by atoms with Gasteiger partial charge < -0.3 is 5.32 Å². The van der Waals surface area contributed by atoms with E-state index >= 15 is 0 Å². The summed E-state index contributed by atoms with van der Waals surface area (Å²) in [5, 5.41) is 15.9. The van der Waals surface area contributed by atoms with Crippen molar-refractivity contribution < 1.29 is 9.31 Å². The number of hydrazine groups is 1. The summed E-state index contributed by atoms with van der Waals surface area (Å²) >= 11 is 5.33. The molecular formula is C15H13FN4O2S. The van der Waals surface area contributed by atoms with Gasteiger partial charge in [0.05, 0.1) is 10.6 Å². The van der Waals surface area contributed by atoms with Crippen LogP contribution in [0.25, 0.3) is 0 Å². The number of thiocarbonyl (C=S) groups is 1. The van der Waals surface area contributed by atoms with Crippen molar-refractivity contribution in [3.63, 3.8) is 0 Å². The Morgan fingerprint density at radius 2 is 1.78 bits per heavy atom. The molecule has 0 radical (unpaired) electrons. The minimum atomic E-state index is -0.702. The first kappa shape index (κ1) is 15.3. The highest BCUT2D eigenvalue weighted by Crippen LogP contribution is 2.27. The summed E-state index contributed by atoms with van der Waals surface area (Å²) in [6, 6.07) is 12.1. The third-order valence-electron chi connectivity index (χ3n) is 3.64. The lowest BCUT2D eigenvalue weighted by molar-refractivity contribution is -0.384. The maximum Gasteiger partial charge on any atom is 0.269 e. The molecule has 3 rings (SSSR count). The van der Waals surface area contributed by atoms with E-state index in [2.05, 4.69) is 10.7 Å². The van der Waals surface area contributed by atoms with Gasteiger partial charge in [-0.05, 0) is 49.0 Å². The molecule has 1 atom stereocenters. The smallest absolute Gasteiger partial charge is 0.269 e. The number of nitro benzene ring substituents is 1. The number of hydrogen-bond donors (Lipinski definition) is 2. The van der Waals surface area contributed by atoms with Crippen molar-refractivity contribution in [1.82, 2.24) is 10.7 Å². The molecule has 0 aromatic heterocycles. The molecule has 1 aliphatic rings. The molecule has 2 aromatic carbocycles. The number of anilines is 1. The van der Waals surface area contributed by atoms with Gasteiger partial charge in [0, 0.05) is 12.1 Å². The van der Waals surface area contributed by atoms with Crippen LogP contribution in [0.3, 0.4) is 0 Å². The highest BCUT2D eigenvalue weighted by atomic mass is 32.1. The number of nitrogens with one attached hydrogen (secondary N) is 2. The molecule has 8 heteroatoms. The van der Waals surface area contributed by atoms with E-state index in [9.17, 15) is 14.5 Å². The Hall–Kier alpha value is -2.58. The number of hydrogen-bond acceptors (Lipinski definition) is 4. The third-order valence-corrected chi connectivity index (χ3v) is 3.92. The van der Waals surface area contributed by atoms with Crippen molar-refractivity contribution >= 4 is 28.7 Å². The van der Waals surface area contributed by atoms with Crippen molar-refractivity contribution in [2.24, 2.45) is 0 Å².